The molecule has 118 valence electrons. The monoisotopic (exact) mass is 289 g/mol. The van der Waals surface area contributed by atoms with Crippen molar-refractivity contribution in [3.8, 4) is 0 Å². The van der Waals surface area contributed by atoms with Gasteiger partial charge in [-0.2, -0.15) is 0 Å². The zero-order valence-electron chi connectivity index (χ0n) is 14.2. The van der Waals surface area contributed by atoms with Gasteiger partial charge in [0.25, 0.3) is 0 Å². The molecule has 0 bridgehead atoms. The van der Waals surface area contributed by atoms with Crippen molar-refractivity contribution in [2.24, 2.45) is 5.92 Å². The van der Waals surface area contributed by atoms with Gasteiger partial charge in [-0.25, -0.2) is 4.98 Å². The first kappa shape index (κ1) is 16.3. The molecule has 1 N–H and O–H groups in total. The molecule has 1 aromatic heterocycles. The van der Waals surface area contributed by atoms with E-state index in [-0.39, 0.29) is 5.54 Å². The molecule has 3 nitrogen and oxygen atoms in total. The SMILES string of the molecule is CCCC1CCN(c2ncccc2CNC(C)(C)C)CC1. The Morgan fingerprint density at radius 2 is 2.00 bits per heavy atom. The van der Waals surface area contributed by atoms with Gasteiger partial charge in [-0.1, -0.05) is 25.8 Å². The van der Waals surface area contributed by atoms with Crippen LogP contribution >= 0.6 is 0 Å². The van der Waals surface area contributed by atoms with Crippen LogP contribution in [0.1, 0.15) is 58.9 Å². The highest BCUT2D eigenvalue weighted by molar-refractivity contribution is 5.47. The summed E-state index contributed by atoms with van der Waals surface area (Å²) in [6, 6.07) is 4.26. The summed E-state index contributed by atoms with van der Waals surface area (Å²) < 4.78 is 0. The van der Waals surface area contributed by atoms with Crippen molar-refractivity contribution in [2.45, 2.75) is 65.5 Å². The number of hydrogen-bond acceptors (Lipinski definition) is 3. The van der Waals surface area contributed by atoms with Gasteiger partial charge in [0.15, 0.2) is 0 Å². The maximum Gasteiger partial charge on any atom is 0.133 e. The van der Waals surface area contributed by atoms with E-state index in [4.69, 9.17) is 0 Å². The molecule has 0 radical (unpaired) electrons. The maximum absolute atomic E-state index is 4.66. The normalized spacial score (nSPS) is 17.2. The lowest BCUT2D eigenvalue weighted by Crippen LogP contribution is -2.37. The Bertz CT molecular complexity index is 428. The van der Waals surface area contributed by atoms with Crippen molar-refractivity contribution in [3.05, 3.63) is 23.9 Å². The van der Waals surface area contributed by atoms with Crippen LogP contribution in [0, 0.1) is 5.92 Å². The van der Waals surface area contributed by atoms with Crippen LogP contribution in [0.2, 0.25) is 0 Å². The molecule has 0 aromatic carbocycles. The van der Waals surface area contributed by atoms with Gasteiger partial charge < -0.3 is 10.2 Å². The first-order chi connectivity index (χ1) is 9.99. The van der Waals surface area contributed by atoms with Crippen LogP contribution in [0.4, 0.5) is 5.82 Å². The lowest BCUT2D eigenvalue weighted by molar-refractivity contribution is 0.376. The van der Waals surface area contributed by atoms with Crippen molar-refractivity contribution in [2.75, 3.05) is 18.0 Å². The third-order valence-corrected chi connectivity index (χ3v) is 4.29. The molecular weight excluding hydrogens is 258 g/mol. The average molecular weight is 289 g/mol. The van der Waals surface area contributed by atoms with E-state index in [1.54, 1.807) is 0 Å². The van der Waals surface area contributed by atoms with Crippen LogP contribution in [0.3, 0.4) is 0 Å². The first-order valence-electron chi connectivity index (χ1n) is 8.43. The number of aromatic nitrogens is 1. The quantitative estimate of drug-likeness (QED) is 0.888. The summed E-state index contributed by atoms with van der Waals surface area (Å²) in [4.78, 5) is 7.14. The van der Waals surface area contributed by atoms with Gasteiger partial charge in [-0.15, -0.1) is 0 Å². The molecule has 0 unspecified atom stereocenters. The smallest absolute Gasteiger partial charge is 0.133 e. The number of pyridine rings is 1. The minimum Gasteiger partial charge on any atom is -0.356 e. The fourth-order valence-electron chi connectivity index (χ4n) is 3.06. The summed E-state index contributed by atoms with van der Waals surface area (Å²) in [6.45, 7) is 12.1. The van der Waals surface area contributed by atoms with Crippen LogP contribution in [0.25, 0.3) is 0 Å². The molecule has 1 fully saturated rings. The van der Waals surface area contributed by atoms with Crippen molar-refractivity contribution >= 4 is 5.82 Å². The lowest BCUT2D eigenvalue weighted by Gasteiger charge is -2.34. The Hall–Kier alpha value is -1.09. The molecule has 0 spiro atoms. The second-order valence-electron chi connectivity index (χ2n) is 7.31. The lowest BCUT2D eigenvalue weighted by atomic mass is 9.92. The fourth-order valence-corrected chi connectivity index (χ4v) is 3.06. The van der Waals surface area contributed by atoms with E-state index in [0.717, 1.165) is 25.6 Å². The summed E-state index contributed by atoms with van der Waals surface area (Å²) in [6.07, 6.45) is 7.25. The molecule has 1 saturated heterocycles. The molecule has 3 heteroatoms. The number of hydrogen-bond donors (Lipinski definition) is 1. The second kappa shape index (κ2) is 7.26. The molecule has 0 saturated carbocycles. The van der Waals surface area contributed by atoms with Gasteiger partial charge in [0.1, 0.15) is 5.82 Å². The number of piperidine rings is 1. The van der Waals surface area contributed by atoms with Gasteiger partial charge in [0.2, 0.25) is 0 Å². The molecule has 1 aliphatic rings. The number of nitrogens with zero attached hydrogens (tertiary/aromatic N) is 2. The minimum atomic E-state index is 0.140. The molecule has 0 amide bonds. The molecule has 21 heavy (non-hydrogen) atoms. The van der Waals surface area contributed by atoms with Crippen LogP contribution in [-0.2, 0) is 6.54 Å². The largest absolute Gasteiger partial charge is 0.356 e. The van der Waals surface area contributed by atoms with Crippen LogP contribution in [-0.4, -0.2) is 23.6 Å². The number of nitrogens with one attached hydrogen (secondary N) is 1. The molecule has 0 atom stereocenters. The summed E-state index contributed by atoms with van der Waals surface area (Å²) >= 11 is 0. The third kappa shape index (κ3) is 4.99. The van der Waals surface area contributed by atoms with Crippen LogP contribution in [0.15, 0.2) is 18.3 Å². The Labute approximate surface area is 130 Å². The van der Waals surface area contributed by atoms with Crippen molar-refractivity contribution in [1.82, 2.24) is 10.3 Å². The molecule has 1 aliphatic heterocycles. The highest BCUT2D eigenvalue weighted by Gasteiger charge is 2.21. The minimum absolute atomic E-state index is 0.140. The highest BCUT2D eigenvalue weighted by Crippen LogP contribution is 2.27. The molecule has 2 rings (SSSR count). The van der Waals surface area contributed by atoms with E-state index < -0.39 is 0 Å². The predicted molar refractivity (Wildman–Crippen MR) is 90.7 cm³/mol. The average Bonchev–Trinajstić information content (AvgIpc) is 2.46. The molecular formula is C18H31N3. The molecule has 1 aromatic rings. The van der Waals surface area contributed by atoms with E-state index in [0.29, 0.717) is 0 Å². The second-order valence-corrected chi connectivity index (χ2v) is 7.31. The van der Waals surface area contributed by atoms with Gasteiger partial charge in [-0.3, -0.25) is 0 Å². The predicted octanol–water partition coefficient (Wildman–Crippen LogP) is 3.99. The zero-order chi connectivity index (χ0) is 15.3. The third-order valence-electron chi connectivity index (χ3n) is 4.29. The van der Waals surface area contributed by atoms with Gasteiger partial charge >= 0.3 is 0 Å². The fraction of sp³-hybridized carbons (Fsp3) is 0.722. The van der Waals surface area contributed by atoms with Crippen LogP contribution < -0.4 is 10.2 Å². The van der Waals surface area contributed by atoms with Gasteiger partial charge in [0.05, 0.1) is 0 Å². The van der Waals surface area contributed by atoms with E-state index in [1.165, 1.54) is 37.1 Å². The summed E-state index contributed by atoms with van der Waals surface area (Å²) in [5.41, 5.74) is 1.46. The standard InChI is InChI=1S/C18H31N3/c1-5-7-15-9-12-21(13-10-15)17-16(8-6-11-19-17)14-20-18(2,3)4/h6,8,11,15,20H,5,7,9-10,12-14H2,1-4H3. The van der Waals surface area contributed by atoms with Crippen LogP contribution in [0.5, 0.6) is 0 Å². The Morgan fingerprint density at radius 3 is 2.62 bits per heavy atom. The summed E-state index contributed by atoms with van der Waals surface area (Å²) in [5, 5.41) is 3.58. The first-order valence-corrected chi connectivity index (χ1v) is 8.43. The Morgan fingerprint density at radius 1 is 1.29 bits per heavy atom. The summed E-state index contributed by atoms with van der Waals surface area (Å²) in [7, 11) is 0. The van der Waals surface area contributed by atoms with Crippen molar-refractivity contribution < 1.29 is 0 Å². The maximum atomic E-state index is 4.66. The van der Waals surface area contributed by atoms with Crippen molar-refractivity contribution in [3.63, 3.8) is 0 Å². The molecule has 0 aliphatic carbocycles. The topological polar surface area (TPSA) is 28.2 Å². The van der Waals surface area contributed by atoms with E-state index in [2.05, 4.69) is 49.0 Å². The molecule has 2 heterocycles. The highest BCUT2D eigenvalue weighted by atomic mass is 15.2. The summed E-state index contributed by atoms with van der Waals surface area (Å²) in [5.74, 6) is 2.11. The van der Waals surface area contributed by atoms with Gasteiger partial charge in [-0.05, 0) is 45.6 Å². The Kier molecular flexibility index (Phi) is 5.63. The van der Waals surface area contributed by atoms with E-state index in [1.807, 2.05) is 12.3 Å². The van der Waals surface area contributed by atoms with E-state index in [9.17, 15) is 0 Å². The van der Waals surface area contributed by atoms with Gasteiger partial charge in [0, 0.05) is 36.9 Å². The number of rotatable bonds is 5. The zero-order valence-corrected chi connectivity index (χ0v) is 14.2. The number of anilines is 1. The Balaban J connectivity index is 2.00. The van der Waals surface area contributed by atoms with E-state index >= 15 is 0 Å². The van der Waals surface area contributed by atoms with Crippen molar-refractivity contribution in [1.29, 1.82) is 0 Å².